The molecular weight excluding hydrogens is 769 g/mol. The highest BCUT2D eigenvalue weighted by Crippen LogP contribution is 2.35. The van der Waals surface area contributed by atoms with Gasteiger partial charge in [0.2, 0.25) is 9.84 Å². The van der Waals surface area contributed by atoms with Gasteiger partial charge in [-0.1, -0.05) is 65.1 Å². The Kier molecular flexibility index (Phi) is 15.5. The summed E-state index contributed by atoms with van der Waals surface area (Å²) < 4.78 is 62.0. The largest absolute Gasteiger partial charge is 0.496 e. The second-order valence-electron chi connectivity index (χ2n) is 16.5. The third kappa shape index (κ3) is 12.4. The highest BCUT2D eigenvalue weighted by molar-refractivity contribution is 7.91. The quantitative estimate of drug-likeness (QED) is 0.0629. The standard InChI is InChI=1S/C48H58O10S/c1-31(2)45(49)57-29-47(7,8)27-55-25-38-23-36(15-20-43(38)53-11)35-13-16-40(17-14-35)59(51,52)41-18-19-42(33(5)22-41)37-21-34(6)44(54-12)39(24-37)26-56-28-48(9,10)30-58-46(50)32(3)4/h13-24H,1,3,25-30H2,2,4-12H3. The molecule has 316 valence electrons. The van der Waals surface area contributed by atoms with Crippen molar-refractivity contribution < 1.29 is 46.4 Å². The molecule has 4 aromatic rings. The zero-order valence-corrected chi connectivity index (χ0v) is 36.9. The summed E-state index contributed by atoms with van der Waals surface area (Å²) in [6, 6.07) is 21.7. The average Bonchev–Trinajstić information content (AvgIpc) is 3.18. The SMILES string of the molecule is C=C(C)C(=O)OCC(C)(C)COCc1cc(-c2ccc(S(=O)(=O)c3ccc(-c4cc(C)c(OC)c(COCC(C)(C)COC(=O)C(=C)C)c4)c(C)c3)cc2)ccc1OC. The monoisotopic (exact) mass is 826 g/mol. The van der Waals surface area contributed by atoms with E-state index in [1.54, 1.807) is 64.5 Å². The van der Waals surface area contributed by atoms with E-state index in [1.165, 1.54) is 0 Å². The number of carbonyl (C=O) groups excluding carboxylic acids is 2. The van der Waals surface area contributed by atoms with Crippen LogP contribution in [-0.4, -0.2) is 61.0 Å². The van der Waals surface area contributed by atoms with Crippen LogP contribution in [0.3, 0.4) is 0 Å². The van der Waals surface area contributed by atoms with Gasteiger partial charge >= 0.3 is 11.9 Å². The first kappa shape index (κ1) is 46.5. The number of carbonyl (C=O) groups is 2. The van der Waals surface area contributed by atoms with Crippen molar-refractivity contribution in [1.82, 2.24) is 0 Å². The molecule has 0 aliphatic heterocycles. The maximum atomic E-state index is 13.9. The minimum Gasteiger partial charge on any atom is -0.496 e. The number of rotatable bonds is 20. The van der Waals surface area contributed by atoms with Gasteiger partial charge in [-0.3, -0.25) is 0 Å². The molecule has 0 amide bonds. The van der Waals surface area contributed by atoms with Crippen LogP contribution in [0.4, 0.5) is 0 Å². The third-order valence-electron chi connectivity index (χ3n) is 9.54. The molecule has 0 aromatic heterocycles. The van der Waals surface area contributed by atoms with Crippen molar-refractivity contribution in [3.05, 3.63) is 119 Å². The van der Waals surface area contributed by atoms with Crippen molar-refractivity contribution in [1.29, 1.82) is 0 Å². The molecule has 0 fully saturated rings. The van der Waals surface area contributed by atoms with Crippen molar-refractivity contribution in [2.75, 3.05) is 40.6 Å². The molecular formula is C48H58O10S. The van der Waals surface area contributed by atoms with E-state index in [2.05, 4.69) is 13.2 Å². The molecule has 0 heterocycles. The Labute approximate surface area is 350 Å². The Morgan fingerprint density at radius 1 is 0.593 bits per heavy atom. The Morgan fingerprint density at radius 2 is 1.10 bits per heavy atom. The second kappa shape index (κ2) is 19.7. The molecule has 4 rings (SSSR count). The van der Waals surface area contributed by atoms with Gasteiger partial charge < -0.3 is 28.4 Å². The molecule has 11 heteroatoms. The number of methoxy groups -OCH3 is 2. The Bertz CT molecular complexity index is 2290. The van der Waals surface area contributed by atoms with Crippen LogP contribution in [0.15, 0.2) is 107 Å². The molecule has 59 heavy (non-hydrogen) atoms. The normalized spacial score (nSPS) is 11.8. The highest BCUT2D eigenvalue weighted by Gasteiger charge is 2.24. The minimum absolute atomic E-state index is 0.178. The number of ether oxygens (including phenoxy) is 6. The van der Waals surface area contributed by atoms with Gasteiger partial charge in [0.25, 0.3) is 0 Å². The van der Waals surface area contributed by atoms with Gasteiger partial charge in [-0.15, -0.1) is 0 Å². The lowest BCUT2D eigenvalue weighted by molar-refractivity contribution is -0.144. The zero-order chi connectivity index (χ0) is 43.7. The lowest BCUT2D eigenvalue weighted by Gasteiger charge is -2.24. The second-order valence-corrected chi connectivity index (χ2v) is 18.5. The molecule has 0 aliphatic carbocycles. The van der Waals surface area contributed by atoms with E-state index in [4.69, 9.17) is 28.4 Å². The van der Waals surface area contributed by atoms with Crippen LogP contribution in [0.1, 0.15) is 63.8 Å². The van der Waals surface area contributed by atoms with Crippen molar-refractivity contribution >= 4 is 21.8 Å². The van der Waals surface area contributed by atoms with Crippen LogP contribution < -0.4 is 9.47 Å². The predicted molar refractivity (Wildman–Crippen MR) is 230 cm³/mol. The first-order valence-electron chi connectivity index (χ1n) is 19.3. The predicted octanol–water partition coefficient (Wildman–Crippen LogP) is 9.81. The van der Waals surface area contributed by atoms with Gasteiger partial charge in [0.1, 0.15) is 11.5 Å². The maximum absolute atomic E-state index is 13.9. The van der Waals surface area contributed by atoms with Crippen LogP contribution in [0.25, 0.3) is 22.3 Å². The molecule has 0 unspecified atom stereocenters. The maximum Gasteiger partial charge on any atom is 0.333 e. The van der Waals surface area contributed by atoms with Crippen molar-refractivity contribution in [3.8, 4) is 33.8 Å². The van der Waals surface area contributed by atoms with E-state index >= 15 is 0 Å². The highest BCUT2D eigenvalue weighted by atomic mass is 32.2. The molecule has 0 aliphatic rings. The number of aryl methyl sites for hydroxylation is 2. The van der Waals surface area contributed by atoms with Gasteiger partial charge in [0.05, 0.1) is 63.7 Å². The lowest BCUT2D eigenvalue weighted by atomic mass is 9.95. The first-order valence-corrected chi connectivity index (χ1v) is 20.8. The number of benzene rings is 4. The van der Waals surface area contributed by atoms with Gasteiger partial charge in [-0.05, 0) is 110 Å². The summed E-state index contributed by atoms with van der Waals surface area (Å²) in [5.74, 6) is 0.500. The molecule has 0 radical (unpaired) electrons. The number of hydrogen-bond acceptors (Lipinski definition) is 10. The molecule has 0 spiro atoms. The summed E-state index contributed by atoms with van der Waals surface area (Å²) >= 11 is 0. The minimum atomic E-state index is -3.84. The fraction of sp³-hybridized carbons (Fsp3) is 0.375. The fourth-order valence-electron chi connectivity index (χ4n) is 6.29. The number of esters is 2. The number of sulfone groups is 1. The number of hydrogen-bond donors (Lipinski definition) is 0. The molecule has 0 bridgehead atoms. The van der Waals surface area contributed by atoms with Gasteiger partial charge in [-0.25, -0.2) is 18.0 Å². The summed E-state index contributed by atoms with van der Waals surface area (Å²) in [6.07, 6.45) is 0. The van der Waals surface area contributed by atoms with E-state index in [0.717, 1.165) is 44.5 Å². The van der Waals surface area contributed by atoms with E-state index < -0.39 is 32.6 Å². The van der Waals surface area contributed by atoms with Gasteiger partial charge in [-0.2, -0.15) is 0 Å². The summed E-state index contributed by atoms with van der Waals surface area (Å²) in [6.45, 7) is 23.7. The Balaban J connectivity index is 1.48. The third-order valence-corrected chi connectivity index (χ3v) is 11.3. The van der Waals surface area contributed by atoms with E-state index in [0.29, 0.717) is 35.9 Å². The van der Waals surface area contributed by atoms with Crippen LogP contribution in [0, 0.1) is 24.7 Å². The van der Waals surface area contributed by atoms with Crippen LogP contribution in [-0.2, 0) is 51.6 Å². The molecule has 0 N–H and O–H groups in total. The molecule has 10 nitrogen and oxygen atoms in total. The fourth-order valence-corrected chi connectivity index (χ4v) is 7.63. The average molecular weight is 827 g/mol. The van der Waals surface area contributed by atoms with Crippen molar-refractivity contribution in [2.45, 2.75) is 78.4 Å². The molecule has 4 aromatic carbocycles. The van der Waals surface area contributed by atoms with Crippen molar-refractivity contribution in [2.24, 2.45) is 10.8 Å². The van der Waals surface area contributed by atoms with E-state index in [-0.39, 0.29) is 36.2 Å². The van der Waals surface area contributed by atoms with Crippen molar-refractivity contribution in [3.63, 3.8) is 0 Å². The topological polar surface area (TPSA) is 124 Å². The summed E-state index contributed by atoms with van der Waals surface area (Å²) in [4.78, 5) is 24.1. The van der Waals surface area contributed by atoms with Gasteiger partial charge in [0, 0.05) is 33.1 Å². The summed E-state index contributed by atoms with van der Waals surface area (Å²) in [5.41, 5.74) is 6.69. The van der Waals surface area contributed by atoms with E-state index in [9.17, 15) is 18.0 Å². The van der Waals surface area contributed by atoms with Gasteiger partial charge in [0.15, 0.2) is 0 Å². The van der Waals surface area contributed by atoms with Crippen LogP contribution in [0.2, 0.25) is 0 Å². The van der Waals surface area contributed by atoms with E-state index in [1.807, 2.05) is 77.9 Å². The van der Waals surface area contributed by atoms with Crippen LogP contribution in [0.5, 0.6) is 11.5 Å². The lowest BCUT2D eigenvalue weighted by Crippen LogP contribution is -2.27. The summed E-state index contributed by atoms with van der Waals surface area (Å²) in [5, 5.41) is 0. The Morgan fingerprint density at radius 3 is 1.61 bits per heavy atom. The van der Waals surface area contributed by atoms with Crippen LogP contribution >= 0.6 is 0 Å². The molecule has 0 atom stereocenters. The molecule has 0 saturated carbocycles. The first-order chi connectivity index (χ1) is 27.7. The molecule has 0 saturated heterocycles. The smallest absolute Gasteiger partial charge is 0.333 e. The summed E-state index contributed by atoms with van der Waals surface area (Å²) in [7, 11) is -0.627. The zero-order valence-electron chi connectivity index (χ0n) is 36.1. The Hall–Kier alpha value is -5.23.